The van der Waals surface area contributed by atoms with Gasteiger partial charge in [0, 0.05) is 37.6 Å². The van der Waals surface area contributed by atoms with E-state index in [1.807, 2.05) is 12.4 Å². The number of aromatic nitrogens is 1. The van der Waals surface area contributed by atoms with Crippen molar-refractivity contribution in [2.24, 2.45) is 0 Å². The maximum Gasteiger partial charge on any atom is 0.0321 e. The fourth-order valence-corrected chi connectivity index (χ4v) is 2.45. The molecule has 2 atom stereocenters. The van der Waals surface area contributed by atoms with Crippen LogP contribution in [0.2, 0.25) is 0 Å². The zero-order valence-electron chi connectivity index (χ0n) is 10.2. The van der Waals surface area contributed by atoms with Crippen LogP contribution in [0.3, 0.4) is 0 Å². The Hall–Kier alpha value is -0.930. The molecule has 16 heavy (non-hydrogen) atoms. The second kappa shape index (κ2) is 5.41. The van der Waals surface area contributed by atoms with E-state index < -0.39 is 0 Å². The van der Waals surface area contributed by atoms with Crippen LogP contribution in [0.5, 0.6) is 0 Å². The van der Waals surface area contributed by atoms with E-state index in [2.05, 4.69) is 41.2 Å². The summed E-state index contributed by atoms with van der Waals surface area (Å²) in [4.78, 5) is 6.61. The fourth-order valence-electron chi connectivity index (χ4n) is 2.45. The van der Waals surface area contributed by atoms with E-state index in [9.17, 15) is 0 Å². The van der Waals surface area contributed by atoms with E-state index in [-0.39, 0.29) is 0 Å². The van der Waals surface area contributed by atoms with E-state index >= 15 is 0 Å². The normalized spacial score (nSPS) is 23.5. The van der Waals surface area contributed by atoms with Crippen LogP contribution in [0.15, 0.2) is 24.5 Å². The topological polar surface area (TPSA) is 28.2 Å². The Balaban J connectivity index is 1.94. The summed E-state index contributed by atoms with van der Waals surface area (Å²) >= 11 is 0. The SMILES string of the molecule is CCNC1CCN(C(C)c2ccncc2)C1. The Morgan fingerprint density at radius 3 is 2.94 bits per heavy atom. The van der Waals surface area contributed by atoms with Gasteiger partial charge in [-0.05, 0) is 37.6 Å². The third-order valence-corrected chi connectivity index (χ3v) is 3.45. The smallest absolute Gasteiger partial charge is 0.0321 e. The summed E-state index contributed by atoms with van der Waals surface area (Å²) in [6.07, 6.45) is 5.02. The molecule has 2 heterocycles. The Labute approximate surface area is 97.9 Å². The highest BCUT2D eigenvalue weighted by Gasteiger charge is 2.25. The molecule has 1 fully saturated rings. The molecule has 1 aliphatic rings. The molecule has 0 radical (unpaired) electrons. The van der Waals surface area contributed by atoms with E-state index in [4.69, 9.17) is 0 Å². The summed E-state index contributed by atoms with van der Waals surface area (Å²) in [7, 11) is 0. The number of hydrogen-bond acceptors (Lipinski definition) is 3. The molecule has 1 N–H and O–H groups in total. The zero-order chi connectivity index (χ0) is 11.4. The minimum Gasteiger partial charge on any atom is -0.313 e. The lowest BCUT2D eigenvalue weighted by molar-refractivity contribution is 0.256. The second-order valence-corrected chi connectivity index (χ2v) is 4.49. The monoisotopic (exact) mass is 219 g/mol. The summed E-state index contributed by atoms with van der Waals surface area (Å²) in [6.45, 7) is 7.89. The van der Waals surface area contributed by atoms with Gasteiger partial charge in [0.25, 0.3) is 0 Å². The van der Waals surface area contributed by atoms with Gasteiger partial charge >= 0.3 is 0 Å². The molecule has 1 aliphatic heterocycles. The van der Waals surface area contributed by atoms with Gasteiger partial charge in [-0.3, -0.25) is 9.88 Å². The van der Waals surface area contributed by atoms with Crippen LogP contribution in [0.25, 0.3) is 0 Å². The fraction of sp³-hybridized carbons (Fsp3) is 0.615. The highest BCUT2D eigenvalue weighted by atomic mass is 15.2. The molecule has 3 heteroatoms. The molecular formula is C13H21N3. The van der Waals surface area contributed by atoms with Gasteiger partial charge in [0.15, 0.2) is 0 Å². The van der Waals surface area contributed by atoms with E-state index in [0.717, 1.165) is 13.1 Å². The van der Waals surface area contributed by atoms with Crippen molar-refractivity contribution in [1.29, 1.82) is 0 Å². The maximum atomic E-state index is 4.07. The number of hydrogen-bond donors (Lipinski definition) is 1. The average molecular weight is 219 g/mol. The highest BCUT2D eigenvalue weighted by molar-refractivity contribution is 5.14. The summed E-state index contributed by atoms with van der Waals surface area (Å²) in [5.41, 5.74) is 1.37. The van der Waals surface area contributed by atoms with Gasteiger partial charge in [-0.25, -0.2) is 0 Å². The molecule has 88 valence electrons. The van der Waals surface area contributed by atoms with E-state index in [1.165, 1.54) is 18.5 Å². The zero-order valence-corrected chi connectivity index (χ0v) is 10.2. The standard InChI is InChI=1S/C13H21N3/c1-3-15-13-6-9-16(10-13)11(2)12-4-7-14-8-5-12/h4-5,7-8,11,13,15H,3,6,9-10H2,1-2H3. The lowest BCUT2D eigenvalue weighted by atomic mass is 10.1. The lowest BCUT2D eigenvalue weighted by Gasteiger charge is -2.24. The molecule has 0 aromatic carbocycles. The molecule has 0 bridgehead atoms. The average Bonchev–Trinajstić information content (AvgIpc) is 2.78. The summed E-state index contributed by atoms with van der Waals surface area (Å²) in [5.74, 6) is 0. The van der Waals surface area contributed by atoms with Gasteiger partial charge in [0.1, 0.15) is 0 Å². The molecule has 0 saturated carbocycles. The van der Waals surface area contributed by atoms with Gasteiger partial charge in [-0.2, -0.15) is 0 Å². The van der Waals surface area contributed by atoms with Gasteiger partial charge < -0.3 is 5.32 Å². The summed E-state index contributed by atoms with van der Waals surface area (Å²) in [5, 5.41) is 3.53. The van der Waals surface area contributed by atoms with Crippen molar-refractivity contribution in [3.8, 4) is 0 Å². The Morgan fingerprint density at radius 1 is 1.50 bits per heavy atom. The van der Waals surface area contributed by atoms with Crippen molar-refractivity contribution in [1.82, 2.24) is 15.2 Å². The number of nitrogens with one attached hydrogen (secondary N) is 1. The Kier molecular flexibility index (Phi) is 3.91. The van der Waals surface area contributed by atoms with Crippen molar-refractivity contribution < 1.29 is 0 Å². The van der Waals surface area contributed by atoms with Crippen molar-refractivity contribution in [2.75, 3.05) is 19.6 Å². The number of likely N-dealkylation sites (N-methyl/N-ethyl adjacent to an activating group) is 1. The van der Waals surface area contributed by atoms with Crippen LogP contribution in [0.1, 0.15) is 31.9 Å². The van der Waals surface area contributed by atoms with Crippen molar-refractivity contribution in [3.63, 3.8) is 0 Å². The Morgan fingerprint density at radius 2 is 2.25 bits per heavy atom. The number of likely N-dealkylation sites (tertiary alicyclic amines) is 1. The predicted molar refractivity (Wildman–Crippen MR) is 66.3 cm³/mol. The molecule has 1 saturated heterocycles. The molecular weight excluding hydrogens is 198 g/mol. The molecule has 0 spiro atoms. The number of nitrogens with zero attached hydrogens (tertiary/aromatic N) is 2. The maximum absolute atomic E-state index is 4.07. The molecule has 0 amide bonds. The van der Waals surface area contributed by atoms with Crippen molar-refractivity contribution in [3.05, 3.63) is 30.1 Å². The number of rotatable bonds is 4. The van der Waals surface area contributed by atoms with Crippen molar-refractivity contribution in [2.45, 2.75) is 32.4 Å². The predicted octanol–water partition coefficient (Wildman–Crippen LogP) is 1.83. The molecule has 3 nitrogen and oxygen atoms in total. The summed E-state index contributed by atoms with van der Waals surface area (Å²) < 4.78 is 0. The molecule has 1 aromatic heterocycles. The van der Waals surface area contributed by atoms with E-state index in [1.54, 1.807) is 0 Å². The van der Waals surface area contributed by atoms with Crippen LogP contribution < -0.4 is 5.32 Å². The minimum absolute atomic E-state index is 0.506. The first kappa shape index (κ1) is 11.6. The molecule has 0 aliphatic carbocycles. The van der Waals surface area contributed by atoms with Gasteiger partial charge in [0.05, 0.1) is 0 Å². The molecule has 1 aromatic rings. The first-order valence-electron chi connectivity index (χ1n) is 6.18. The third-order valence-electron chi connectivity index (χ3n) is 3.45. The first-order valence-corrected chi connectivity index (χ1v) is 6.18. The number of pyridine rings is 1. The van der Waals surface area contributed by atoms with Gasteiger partial charge in [-0.1, -0.05) is 6.92 Å². The highest BCUT2D eigenvalue weighted by Crippen LogP contribution is 2.23. The van der Waals surface area contributed by atoms with Crippen LogP contribution >= 0.6 is 0 Å². The van der Waals surface area contributed by atoms with Crippen molar-refractivity contribution >= 4 is 0 Å². The summed E-state index contributed by atoms with van der Waals surface area (Å²) in [6, 6.07) is 5.41. The van der Waals surface area contributed by atoms with Gasteiger partial charge in [-0.15, -0.1) is 0 Å². The molecule has 2 rings (SSSR count). The lowest BCUT2D eigenvalue weighted by Crippen LogP contribution is -2.33. The van der Waals surface area contributed by atoms with E-state index in [0.29, 0.717) is 12.1 Å². The minimum atomic E-state index is 0.506. The largest absolute Gasteiger partial charge is 0.313 e. The quantitative estimate of drug-likeness (QED) is 0.837. The van der Waals surface area contributed by atoms with Crippen LogP contribution in [-0.4, -0.2) is 35.6 Å². The van der Waals surface area contributed by atoms with Gasteiger partial charge in [0.2, 0.25) is 0 Å². The molecule has 2 unspecified atom stereocenters. The Bertz CT molecular complexity index is 312. The van der Waals surface area contributed by atoms with Crippen LogP contribution in [0.4, 0.5) is 0 Å². The van der Waals surface area contributed by atoms with Crippen LogP contribution in [0, 0.1) is 0 Å². The third kappa shape index (κ3) is 2.60. The first-order chi connectivity index (χ1) is 7.81. The second-order valence-electron chi connectivity index (χ2n) is 4.49. The van der Waals surface area contributed by atoms with Crippen LogP contribution in [-0.2, 0) is 0 Å².